The van der Waals surface area contributed by atoms with Crippen LogP contribution in [0.4, 0.5) is 26.3 Å². The molecule has 0 aromatic rings. The summed E-state index contributed by atoms with van der Waals surface area (Å²) in [6.07, 6.45) is -10.8. The van der Waals surface area contributed by atoms with Crippen LogP contribution in [0.5, 0.6) is 0 Å². The van der Waals surface area contributed by atoms with E-state index in [9.17, 15) is 35.9 Å². The zero-order valence-corrected chi connectivity index (χ0v) is 11.0. The first-order valence-electron chi connectivity index (χ1n) is 6.20. The van der Waals surface area contributed by atoms with Crippen molar-refractivity contribution in [2.75, 3.05) is 6.54 Å². The van der Waals surface area contributed by atoms with Crippen LogP contribution in [0.25, 0.3) is 0 Å². The molecule has 10 heteroatoms. The van der Waals surface area contributed by atoms with Gasteiger partial charge in [0.2, 0.25) is 5.91 Å². The number of carbonyl (C=O) groups is 2. The molecule has 2 unspecified atom stereocenters. The lowest BCUT2D eigenvalue weighted by Gasteiger charge is -2.40. The van der Waals surface area contributed by atoms with Crippen LogP contribution in [0, 0.1) is 0 Å². The number of hydrogen-bond donors (Lipinski definition) is 1. The van der Waals surface area contributed by atoms with Crippen LogP contribution in [0.1, 0.15) is 26.2 Å². The normalized spacial score (nSPS) is 23.9. The molecule has 122 valence electrons. The highest BCUT2D eigenvalue weighted by Gasteiger charge is 2.48. The summed E-state index contributed by atoms with van der Waals surface area (Å²) in [5.41, 5.74) is 0. The van der Waals surface area contributed by atoms with Gasteiger partial charge in [0.1, 0.15) is 6.04 Å². The molecule has 2 amide bonds. The third-order valence-electron chi connectivity index (χ3n) is 3.18. The molecule has 0 aromatic carbocycles. The maximum absolute atomic E-state index is 12.8. The van der Waals surface area contributed by atoms with Crippen molar-refractivity contribution in [3.05, 3.63) is 0 Å². The SMILES string of the molecule is CCC(=O)N1CC(NC(=O)C(F)(F)F)CCC1C(F)(F)F. The standard InChI is InChI=1S/C11H14F6N2O2/c1-2-8(20)19-5-6(18-9(21)11(15,16)17)3-4-7(19)10(12,13)14/h6-7H,2-5H2,1H3,(H,18,21). The van der Waals surface area contributed by atoms with Gasteiger partial charge < -0.3 is 10.2 Å². The minimum Gasteiger partial charge on any atom is -0.344 e. The Bertz CT molecular complexity index is 406. The Morgan fingerprint density at radius 2 is 1.71 bits per heavy atom. The smallest absolute Gasteiger partial charge is 0.344 e. The Morgan fingerprint density at radius 1 is 1.14 bits per heavy atom. The molecule has 1 aliphatic heterocycles. The van der Waals surface area contributed by atoms with E-state index in [-0.39, 0.29) is 12.8 Å². The van der Waals surface area contributed by atoms with Gasteiger partial charge in [-0.1, -0.05) is 6.92 Å². The van der Waals surface area contributed by atoms with Crippen molar-refractivity contribution in [3.63, 3.8) is 0 Å². The van der Waals surface area contributed by atoms with Crippen LogP contribution in [-0.2, 0) is 9.59 Å². The van der Waals surface area contributed by atoms with E-state index in [1.54, 1.807) is 5.32 Å². The van der Waals surface area contributed by atoms with Crippen LogP contribution in [0.2, 0.25) is 0 Å². The maximum Gasteiger partial charge on any atom is 0.471 e. The van der Waals surface area contributed by atoms with E-state index in [2.05, 4.69) is 0 Å². The number of halogens is 6. The van der Waals surface area contributed by atoms with Gasteiger partial charge in [-0.25, -0.2) is 0 Å². The van der Waals surface area contributed by atoms with Crippen molar-refractivity contribution in [2.45, 2.75) is 50.6 Å². The van der Waals surface area contributed by atoms with Crippen LogP contribution in [0.15, 0.2) is 0 Å². The summed E-state index contributed by atoms with van der Waals surface area (Å²) >= 11 is 0. The molecule has 21 heavy (non-hydrogen) atoms. The number of nitrogens with one attached hydrogen (secondary N) is 1. The average Bonchev–Trinajstić information content (AvgIpc) is 2.35. The minimum atomic E-state index is -5.11. The zero-order chi connectivity index (χ0) is 16.4. The van der Waals surface area contributed by atoms with E-state index < -0.39 is 49.2 Å². The first kappa shape index (κ1) is 17.6. The second-order valence-electron chi connectivity index (χ2n) is 4.70. The first-order chi connectivity index (χ1) is 9.46. The second-order valence-corrected chi connectivity index (χ2v) is 4.70. The van der Waals surface area contributed by atoms with Crippen molar-refractivity contribution in [3.8, 4) is 0 Å². The third kappa shape index (κ3) is 4.50. The molecular weight excluding hydrogens is 306 g/mol. The predicted octanol–water partition coefficient (Wildman–Crippen LogP) is 2.00. The van der Waals surface area contributed by atoms with Gasteiger partial charge >= 0.3 is 18.3 Å². The fourth-order valence-electron chi connectivity index (χ4n) is 2.17. The van der Waals surface area contributed by atoms with E-state index in [1.807, 2.05) is 0 Å². The molecule has 2 atom stereocenters. The molecule has 0 aromatic heterocycles. The first-order valence-corrected chi connectivity index (χ1v) is 6.20. The summed E-state index contributed by atoms with van der Waals surface area (Å²) in [5, 5.41) is 1.61. The van der Waals surface area contributed by atoms with Crippen LogP contribution >= 0.6 is 0 Å². The molecule has 4 nitrogen and oxygen atoms in total. The van der Waals surface area contributed by atoms with Crippen molar-refractivity contribution >= 4 is 11.8 Å². The third-order valence-corrected chi connectivity index (χ3v) is 3.18. The van der Waals surface area contributed by atoms with Crippen LogP contribution in [-0.4, -0.2) is 47.7 Å². The number of amides is 2. The molecule has 1 rings (SSSR count). The molecule has 1 heterocycles. The van der Waals surface area contributed by atoms with E-state index >= 15 is 0 Å². The van der Waals surface area contributed by atoms with Crippen molar-refractivity contribution in [1.82, 2.24) is 10.2 Å². The zero-order valence-electron chi connectivity index (χ0n) is 11.0. The van der Waals surface area contributed by atoms with E-state index in [1.165, 1.54) is 6.92 Å². The molecule has 1 N–H and O–H groups in total. The average molecular weight is 320 g/mol. The van der Waals surface area contributed by atoms with Crippen LogP contribution in [0.3, 0.4) is 0 Å². The lowest BCUT2D eigenvalue weighted by atomic mass is 9.97. The van der Waals surface area contributed by atoms with Crippen molar-refractivity contribution in [2.24, 2.45) is 0 Å². The van der Waals surface area contributed by atoms with Crippen molar-refractivity contribution < 1.29 is 35.9 Å². The number of rotatable bonds is 2. The Labute approximate surface area is 116 Å². The molecule has 0 aliphatic carbocycles. The van der Waals surface area contributed by atoms with Gasteiger partial charge in [-0.05, 0) is 12.8 Å². The molecule has 1 aliphatic rings. The van der Waals surface area contributed by atoms with E-state index in [0.29, 0.717) is 4.90 Å². The van der Waals surface area contributed by atoms with Gasteiger partial charge in [0.15, 0.2) is 0 Å². The molecule has 0 bridgehead atoms. The van der Waals surface area contributed by atoms with E-state index in [4.69, 9.17) is 0 Å². The molecule has 0 saturated carbocycles. The molecular formula is C11H14F6N2O2. The lowest BCUT2D eigenvalue weighted by Crippen LogP contribution is -2.59. The number of carbonyl (C=O) groups excluding carboxylic acids is 2. The highest BCUT2D eigenvalue weighted by Crippen LogP contribution is 2.32. The topological polar surface area (TPSA) is 49.4 Å². The number of hydrogen-bond acceptors (Lipinski definition) is 2. The monoisotopic (exact) mass is 320 g/mol. The predicted molar refractivity (Wildman–Crippen MR) is 59.1 cm³/mol. The lowest BCUT2D eigenvalue weighted by molar-refractivity contribution is -0.198. The van der Waals surface area contributed by atoms with Gasteiger partial charge in [0.25, 0.3) is 0 Å². The number of piperidine rings is 1. The summed E-state index contributed by atoms with van der Waals surface area (Å²) in [4.78, 5) is 22.8. The second kappa shape index (κ2) is 6.10. The van der Waals surface area contributed by atoms with Gasteiger partial charge in [-0.3, -0.25) is 9.59 Å². The maximum atomic E-state index is 12.8. The van der Waals surface area contributed by atoms with Crippen LogP contribution < -0.4 is 5.32 Å². The summed E-state index contributed by atoms with van der Waals surface area (Å²) in [6, 6.07) is -3.17. The summed E-state index contributed by atoms with van der Waals surface area (Å²) < 4.78 is 74.8. The Morgan fingerprint density at radius 3 is 2.14 bits per heavy atom. The Kier molecular flexibility index (Phi) is 5.11. The van der Waals surface area contributed by atoms with E-state index in [0.717, 1.165) is 0 Å². The van der Waals surface area contributed by atoms with Gasteiger partial charge in [-0.2, -0.15) is 26.3 Å². The number of nitrogens with zero attached hydrogens (tertiary/aromatic N) is 1. The highest BCUT2D eigenvalue weighted by atomic mass is 19.4. The number of alkyl halides is 6. The summed E-state index contributed by atoms with van der Waals surface area (Å²) in [7, 11) is 0. The molecule has 0 spiro atoms. The van der Waals surface area contributed by atoms with Gasteiger partial charge in [0, 0.05) is 19.0 Å². The summed E-state index contributed by atoms with van der Waals surface area (Å²) in [6.45, 7) is 0.770. The Balaban J connectivity index is 2.80. The highest BCUT2D eigenvalue weighted by molar-refractivity contribution is 5.82. The van der Waals surface area contributed by atoms with Gasteiger partial charge in [-0.15, -0.1) is 0 Å². The Hall–Kier alpha value is -1.48. The quantitative estimate of drug-likeness (QED) is 0.791. The number of likely N-dealkylation sites (tertiary alicyclic amines) is 1. The molecule has 0 radical (unpaired) electrons. The van der Waals surface area contributed by atoms with Gasteiger partial charge in [0.05, 0.1) is 0 Å². The van der Waals surface area contributed by atoms with Crippen molar-refractivity contribution in [1.29, 1.82) is 0 Å². The molecule has 1 saturated heterocycles. The molecule has 1 fully saturated rings. The minimum absolute atomic E-state index is 0.202. The summed E-state index contributed by atoms with van der Waals surface area (Å²) in [5.74, 6) is -3.04. The fourth-order valence-corrected chi connectivity index (χ4v) is 2.17. The largest absolute Gasteiger partial charge is 0.471 e. The fraction of sp³-hybridized carbons (Fsp3) is 0.818.